The van der Waals surface area contributed by atoms with Crippen LogP contribution in [-0.4, -0.2) is 37.2 Å². The Bertz CT molecular complexity index is 1710. The number of esters is 3. The fourth-order valence-electron chi connectivity index (χ4n) is 7.60. The number of rotatable bonds is 52. The summed E-state index contributed by atoms with van der Waals surface area (Å²) in [4.78, 5) is 37.8. The Morgan fingerprint density at radius 3 is 0.827 bits per heavy atom. The van der Waals surface area contributed by atoms with Gasteiger partial charge in [-0.3, -0.25) is 14.4 Å². The minimum absolute atomic E-state index is 0.0988. The van der Waals surface area contributed by atoms with Crippen molar-refractivity contribution in [3.8, 4) is 0 Å². The zero-order valence-electron chi connectivity index (χ0n) is 48.0. The normalized spacial score (nSPS) is 13.3. The largest absolute Gasteiger partial charge is 0.462 e. The third-order valence-corrected chi connectivity index (χ3v) is 12.0. The minimum atomic E-state index is -0.800. The average Bonchev–Trinajstić information content (AvgIpc) is 3.41. The van der Waals surface area contributed by atoms with Gasteiger partial charge < -0.3 is 14.2 Å². The van der Waals surface area contributed by atoms with Crippen LogP contribution in [-0.2, 0) is 28.6 Å². The van der Waals surface area contributed by atoms with Crippen LogP contribution in [0.3, 0.4) is 0 Å². The molecule has 0 saturated heterocycles. The van der Waals surface area contributed by atoms with Gasteiger partial charge >= 0.3 is 17.9 Å². The van der Waals surface area contributed by atoms with Gasteiger partial charge in [0, 0.05) is 19.3 Å². The van der Waals surface area contributed by atoms with Gasteiger partial charge in [0.1, 0.15) is 13.2 Å². The molecule has 0 saturated carbocycles. The van der Waals surface area contributed by atoms with E-state index in [-0.39, 0.29) is 31.1 Å². The van der Waals surface area contributed by atoms with Crippen molar-refractivity contribution in [2.45, 2.75) is 245 Å². The van der Waals surface area contributed by atoms with Gasteiger partial charge in [0.05, 0.1) is 0 Å². The van der Waals surface area contributed by atoms with Crippen molar-refractivity contribution < 1.29 is 28.6 Å². The predicted molar refractivity (Wildman–Crippen MR) is 325 cm³/mol. The van der Waals surface area contributed by atoms with Gasteiger partial charge in [0.25, 0.3) is 0 Å². The predicted octanol–water partition coefficient (Wildman–Crippen LogP) is 20.5. The van der Waals surface area contributed by atoms with Crippen LogP contribution in [0.2, 0.25) is 0 Å². The van der Waals surface area contributed by atoms with Crippen LogP contribution >= 0.6 is 0 Å². The SMILES string of the molecule is CC/C=C\C/C=C\C/C=C\C/C=C\C/C=C\C/C=C\C/C=C\C/C=C\C/C=C\CCCCCC(=O)OCC(COC(=O)CCCCCCC)OC(=O)CCCCCCCCCC/C=C\C/C=C\C/C=C\C/C=C\CC. The molecule has 0 amide bonds. The van der Waals surface area contributed by atoms with E-state index in [1.54, 1.807) is 0 Å². The lowest BCUT2D eigenvalue weighted by Crippen LogP contribution is -2.30. The van der Waals surface area contributed by atoms with Crippen molar-refractivity contribution in [1.29, 1.82) is 0 Å². The number of unbranched alkanes of at least 4 members (excludes halogenated alkanes) is 15. The molecule has 6 nitrogen and oxygen atoms in total. The van der Waals surface area contributed by atoms with Gasteiger partial charge in [-0.2, -0.15) is 0 Å². The molecule has 0 aliphatic rings. The lowest BCUT2D eigenvalue weighted by atomic mass is 10.1. The monoisotopic (exact) mass is 1030 g/mol. The van der Waals surface area contributed by atoms with Crippen LogP contribution < -0.4 is 0 Å². The molecule has 1 unspecified atom stereocenters. The lowest BCUT2D eigenvalue weighted by molar-refractivity contribution is -0.167. The fraction of sp³-hybridized carbons (Fsp3) is 0.580. The molecule has 0 fully saturated rings. The summed E-state index contributed by atoms with van der Waals surface area (Å²) >= 11 is 0. The van der Waals surface area contributed by atoms with Gasteiger partial charge in [-0.25, -0.2) is 0 Å². The maximum absolute atomic E-state index is 12.8. The standard InChI is InChI=1S/C69H108O6/c1-4-7-10-13-15-17-19-21-23-25-27-29-30-31-32-33-34-35-36-37-38-40-41-43-45-47-49-51-53-56-59-62-68(71)74-65-66(64-73-67(70)61-58-55-12-9-6-3)75-69(72)63-60-57-54-52-50-48-46-44-42-39-28-26-24-22-20-18-16-14-11-8-5-2/h7-8,10-11,15-18,21-24,27-29,31-32,34-35,37-39,41,43,47,49,66H,4-6,9,12-14,19-20,25-26,30,33,36,40,42,44-46,48,50-65H2,1-3H3/b10-7-,11-8-,17-15-,18-16-,23-21-,24-22-,29-27-,32-31-,35-34-,38-37-,39-28-,43-41-,49-47-. The second kappa shape index (κ2) is 61.6. The smallest absolute Gasteiger partial charge is 0.306 e. The number of hydrogen-bond donors (Lipinski definition) is 0. The molecule has 0 rings (SSSR count). The quantitative estimate of drug-likeness (QED) is 0.0261. The van der Waals surface area contributed by atoms with Crippen LogP contribution in [0, 0.1) is 0 Å². The van der Waals surface area contributed by atoms with E-state index in [4.69, 9.17) is 14.2 Å². The molecule has 75 heavy (non-hydrogen) atoms. The molecule has 0 aliphatic carbocycles. The number of ether oxygens (including phenoxy) is 3. The first-order valence-electron chi connectivity index (χ1n) is 30.0. The van der Waals surface area contributed by atoms with Crippen LogP contribution in [0.5, 0.6) is 0 Å². The van der Waals surface area contributed by atoms with Crippen LogP contribution in [0.15, 0.2) is 158 Å². The van der Waals surface area contributed by atoms with Crippen molar-refractivity contribution in [2.24, 2.45) is 0 Å². The first-order chi connectivity index (χ1) is 37.0. The minimum Gasteiger partial charge on any atom is -0.462 e. The van der Waals surface area contributed by atoms with Crippen molar-refractivity contribution in [3.63, 3.8) is 0 Å². The summed E-state index contributed by atoms with van der Waals surface area (Å²) in [5, 5.41) is 0. The van der Waals surface area contributed by atoms with E-state index in [2.05, 4.69) is 179 Å². The molecule has 0 aliphatic heterocycles. The van der Waals surface area contributed by atoms with Crippen molar-refractivity contribution in [1.82, 2.24) is 0 Å². The number of allylic oxidation sites excluding steroid dienone is 26. The van der Waals surface area contributed by atoms with E-state index >= 15 is 0 Å². The summed E-state index contributed by atoms with van der Waals surface area (Å²) in [6.45, 7) is 6.28. The molecular weight excluding hydrogens is 925 g/mol. The molecule has 0 bridgehead atoms. The van der Waals surface area contributed by atoms with Gasteiger partial charge in [0.2, 0.25) is 0 Å². The van der Waals surface area contributed by atoms with E-state index in [1.165, 1.54) is 32.1 Å². The molecule has 0 spiro atoms. The maximum Gasteiger partial charge on any atom is 0.306 e. The van der Waals surface area contributed by atoms with Crippen LogP contribution in [0.4, 0.5) is 0 Å². The molecule has 0 N–H and O–H groups in total. The Morgan fingerprint density at radius 1 is 0.280 bits per heavy atom. The summed E-state index contributed by atoms with van der Waals surface area (Å²) < 4.78 is 16.7. The van der Waals surface area contributed by atoms with Crippen molar-refractivity contribution in [2.75, 3.05) is 13.2 Å². The van der Waals surface area contributed by atoms with Gasteiger partial charge in [-0.1, -0.05) is 249 Å². The zero-order chi connectivity index (χ0) is 54.3. The highest BCUT2D eigenvalue weighted by atomic mass is 16.6. The highest BCUT2D eigenvalue weighted by Crippen LogP contribution is 2.13. The topological polar surface area (TPSA) is 78.9 Å². The van der Waals surface area contributed by atoms with Crippen LogP contribution in [0.25, 0.3) is 0 Å². The molecule has 0 radical (unpaired) electrons. The molecular formula is C69H108O6. The molecule has 0 aromatic carbocycles. The van der Waals surface area contributed by atoms with E-state index in [0.29, 0.717) is 19.3 Å². The summed E-state index contributed by atoms with van der Waals surface area (Å²) in [6, 6.07) is 0. The summed E-state index contributed by atoms with van der Waals surface area (Å²) in [6.07, 6.45) is 90.0. The highest BCUT2D eigenvalue weighted by molar-refractivity contribution is 5.71. The van der Waals surface area contributed by atoms with Gasteiger partial charge in [-0.05, 0) is 128 Å². The summed E-state index contributed by atoms with van der Waals surface area (Å²) in [5.41, 5.74) is 0. The van der Waals surface area contributed by atoms with E-state index in [1.807, 2.05) is 0 Å². The number of hydrogen-bond acceptors (Lipinski definition) is 6. The van der Waals surface area contributed by atoms with Crippen LogP contribution in [0.1, 0.15) is 239 Å². The molecule has 1 atom stereocenters. The average molecular weight is 1030 g/mol. The third-order valence-electron chi connectivity index (χ3n) is 12.0. The Balaban J connectivity index is 4.21. The van der Waals surface area contributed by atoms with Crippen molar-refractivity contribution >= 4 is 17.9 Å². The molecule has 420 valence electrons. The van der Waals surface area contributed by atoms with Gasteiger partial charge in [0.15, 0.2) is 6.10 Å². The van der Waals surface area contributed by atoms with E-state index in [9.17, 15) is 14.4 Å². The number of carbonyl (C=O) groups is 3. The summed E-state index contributed by atoms with van der Waals surface area (Å²) in [5.74, 6) is -0.963. The summed E-state index contributed by atoms with van der Waals surface area (Å²) in [7, 11) is 0. The molecule has 0 aromatic heterocycles. The van der Waals surface area contributed by atoms with E-state index in [0.717, 1.165) is 167 Å². The molecule has 6 heteroatoms. The lowest BCUT2D eigenvalue weighted by Gasteiger charge is -2.18. The zero-order valence-corrected chi connectivity index (χ0v) is 48.0. The maximum atomic E-state index is 12.8. The Morgan fingerprint density at radius 2 is 0.520 bits per heavy atom. The number of carbonyl (C=O) groups excluding carboxylic acids is 3. The third kappa shape index (κ3) is 59.8. The Hall–Kier alpha value is -4.97. The fourth-order valence-corrected chi connectivity index (χ4v) is 7.60. The highest BCUT2D eigenvalue weighted by Gasteiger charge is 2.19. The van der Waals surface area contributed by atoms with E-state index < -0.39 is 6.10 Å². The molecule has 0 aromatic rings. The molecule has 0 heterocycles. The second-order valence-electron chi connectivity index (χ2n) is 19.1. The first-order valence-corrected chi connectivity index (χ1v) is 30.0. The Kier molecular flexibility index (Phi) is 57.5. The Labute approximate surface area is 460 Å². The second-order valence-corrected chi connectivity index (χ2v) is 19.1. The first kappa shape index (κ1) is 70.0. The van der Waals surface area contributed by atoms with Gasteiger partial charge in [-0.15, -0.1) is 0 Å². The van der Waals surface area contributed by atoms with Crippen molar-refractivity contribution in [3.05, 3.63) is 158 Å².